The summed E-state index contributed by atoms with van der Waals surface area (Å²) >= 11 is 6.98. The van der Waals surface area contributed by atoms with E-state index in [0.29, 0.717) is 6.61 Å². The van der Waals surface area contributed by atoms with Crippen molar-refractivity contribution >= 4 is 51.4 Å². The highest BCUT2D eigenvalue weighted by Gasteiger charge is 2.18. The highest BCUT2D eigenvalue weighted by atomic mass is 35.5. The summed E-state index contributed by atoms with van der Waals surface area (Å²) in [7, 11) is 1.55. The molecule has 0 atom stereocenters. The van der Waals surface area contributed by atoms with Crippen molar-refractivity contribution in [1.29, 1.82) is 0 Å². The standard InChI is InChI=1S/C18H15ClFN5O3S/c1-28-8-9-2-3-15(22-6-9)25-16(26)10-4-13(11(19)5-12(10)20)24-17(27)14-7-23-18(21)29-14/h2-7H,8H2,1H3,(H2,21,23)(H,24,27)(H,22,25,26). The number of pyridine rings is 1. The molecular formula is C18H15ClFN5O3S. The van der Waals surface area contributed by atoms with Crippen molar-refractivity contribution in [2.45, 2.75) is 6.61 Å². The summed E-state index contributed by atoms with van der Waals surface area (Å²) in [6, 6.07) is 5.38. The van der Waals surface area contributed by atoms with Gasteiger partial charge in [-0.05, 0) is 23.8 Å². The lowest BCUT2D eigenvalue weighted by molar-refractivity contribution is 0.101. The van der Waals surface area contributed by atoms with Crippen molar-refractivity contribution in [3.05, 3.63) is 63.5 Å². The van der Waals surface area contributed by atoms with E-state index in [4.69, 9.17) is 22.1 Å². The average Bonchev–Trinajstić information content (AvgIpc) is 3.12. The van der Waals surface area contributed by atoms with Crippen LogP contribution in [0.1, 0.15) is 25.6 Å². The Morgan fingerprint density at radius 3 is 2.62 bits per heavy atom. The van der Waals surface area contributed by atoms with Crippen LogP contribution in [0, 0.1) is 5.82 Å². The zero-order valence-corrected chi connectivity index (χ0v) is 16.6. The smallest absolute Gasteiger partial charge is 0.267 e. The third-order valence-electron chi connectivity index (χ3n) is 3.67. The monoisotopic (exact) mass is 435 g/mol. The maximum atomic E-state index is 14.3. The van der Waals surface area contributed by atoms with E-state index in [1.165, 1.54) is 12.4 Å². The largest absolute Gasteiger partial charge is 0.380 e. The molecule has 0 fully saturated rings. The Kier molecular flexibility index (Phi) is 6.37. The van der Waals surface area contributed by atoms with Crippen LogP contribution in [0.25, 0.3) is 0 Å². The first-order valence-corrected chi connectivity index (χ1v) is 9.33. The van der Waals surface area contributed by atoms with Crippen LogP contribution in [-0.4, -0.2) is 28.9 Å². The minimum absolute atomic E-state index is 0.0630. The summed E-state index contributed by atoms with van der Waals surface area (Å²) in [5, 5.41) is 5.17. The molecule has 0 aliphatic carbocycles. The minimum atomic E-state index is -0.844. The number of amides is 2. The fourth-order valence-corrected chi connectivity index (χ4v) is 3.11. The molecule has 4 N–H and O–H groups in total. The molecule has 0 unspecified atom stereocenters. The Hall–Kier alpha value is -3.08. The first kappa shape index (κ1) is 20.6. The van der Waals surface area contributed by atoms with Crippen molar-refractivity contribution in [3.63, 3.8) is 0 Å². The average molecular weight is 436 g/mol. The van der Waals surface area contributed by atoms with Crippen LogP contribution in [0.5, 0.6) is 0 Å². The number of hydrogen-bond donors (Lipinski definition) is 3. The van der Waals surface area contributed by atoms with Gasteiger partial charge in [0.2, 0.25) is 0 Å². The number of nitrogen functional groups attached to an aromatic ring is 1. The fourth-order valence-electron chi connectivity index (χ4n) is 2.33. The van der Waals surface area contributed by atoms with E-state index >= 15 is 0 Å². The van der Waals surface area contributed by atoms with Crippen LogP contribution in [0.2, 0.25) is 5.02 Å². The Labute approximate surface area is 173 Å². The van der Waals surface area contributed by atoms with E-state index in [2.05, 4.69) is 20.6 Å². The predicted octanol–water partition coefficient (Wildman–Crippen LogP) is 3.56. The van der Waals surface area contributed by atoms with Gasteiger partial charge in [0.05, 0.1) is 29.1 Å². The quantitative estimate of drug-likeness (QED) is 0.544. The Morgan fingerprint density at radius 2 is 2.00 bits per heavy atom. The summed E-state index contributed by atoms with van der Waals surface area (Å²) in [5.41, 5.74) is 6.08. The second-order valence-electron chi connectivity index (χ2n) is 5.77. The number of aromatic nitrogens is 2. The van der Waals surface area contributed by atoms with Gasteiger partial charge in [-0.2, -0.15) is 0 Å². The number of nitrogens with zero attached hydrogens (tertiary/aromatic N) is 2. The second-order valence-corrected chi connectivity index (χ2v) is 7.24. The van der Waals surface area contributed by atoms with Crippen molar-refractivity contribution in [3.8, 4) is 0 Å². The number of benzene rings is 1. The zero-order chi connectivity index (χ0) is 21.0. The molecule has 3 rings (SSSR count). The summed E-state index contributed by atoms with van der Waals surface area (Å²) < 4.78 is 19.3. The van der Waals surface area contributed by atoms with Crippen LogP contribution in [0.15, 0.2) is 36.7 Å². The number of ether oxygens (including phenoxy) is 1. The van der Waals surface area contributed by atoms with Crippen LogP contribution in [0.4, 0.5) is 21.0 Å². The number of rotatable bonds is 6. The predicted molar refractivity (Wildman–Crippen MR) is 109 cm³/mol. The van der Waals surface area contributed by atoms with E-state index in [0.717, 1.165) is 29.0 Å². The van der Waals surface area contributed by atoms with Gasteiger partial charge in [-0.15, -0.1) is 0 Å². The molecule has 11 heteroatoms. The van der Waals surface area contributed by atoms with Gasteiger partial charge in [-0.3, -0.25) is 9.59 Å². The fraction of sp³-hybridized carbons (Fsp3) is 0.111. The Bertz CT molecular complexity index is 1060. The number of methoxy groups -OCH3 is 1. The molecule has 2 aromatic heterocycles. The van der Waals surface area contributed by atoms with Gasteiger partial charge < -0.3 is 21.1 Å². The normalized spacial score (nSPS) is 10.6. The number of carbonyl (C=O) groups excluding carboxylic acids is 2. The van der Waals surface area contributed by atoms with Crippen molar-refractivity contribution in [1.82, 2.24) is 9.97 Å². The molecule has 8 nitrogen and oxygen atoms in total. The SMILES string of the molecule is COCc1ccc(NC(=O)c2cc(NC(=O)c3cnc(N)s3)c(Cl)cc2F)nc1. The summed E-state index contributed by atoms with van der Waals surface area (Å²) in [6.45, 7) is 0.376. The minimum Gasteiger partial charge on any atom is -0.380 e. The van der Waals surface area contributed by atoms with E-state index in [9.17, 15) is 14.0 Å². The number of halogens is 2. The number of thiazole rings is 1. The van der Waals surface area contributed by atoms with Crippen LogP contribution in [0.3, 0.4) is 0 Å². The zero-order valence-electron chi connectivity index (χ0n) is 15.0. The maximum Gasteiger partial charge on any atom is 0.267 e. The van der Waals surface area contributed by atoms with E-state index in [1.54, 1.807) is 19.2 Å². The molecule has 29 heavy (non-hydrogen) atoms. The number of hydrogen-bond acceptors (Lipinski definition) is 7. The Morgan fingerprint density at radius 1 is 1.21 bits per heavy atom. The molecule has 0 saturated carbocycles. The highest BCUT2D eigenvalue weighted by molar-refractivity contribution is 7.17. The van der Waals surface area contributed by atoms with Gasteiger partial charge >= 0.3 is 0 Å². The third kappa shape index (κ3) is 5.05. The van der Waals surface area contributed by atoms with Crippen molar-refractivity contribution < 1.29 is 18.7 Å². The molecule has 1 aromatic carbocycles. The summed E-state index contributed by atoms with van der Waals surface area (Å²) in [4.78, 5) is 32.8. The van der Waals surface area contributed by atoms with Gasteiger partial charge in [0.1, 0.15) is 16.5 Å². The number of nitrogens with one attached hydrogen (secondary N) is 2. The molecule has 0 saturated heterocycles. The molecular weight excluding hydrogens is 421 g/mol. The molecule has 0 radical (unpaired) electrons. The number of carbonyl (C=O) groups is 2. The lowest BCUT2D eigenvalue weighted by Gasteiger charge is -2.11. The lowest BCUT2D eigenvalue weighted by Crippen LogP contribution is -2.17. The molecule has 0 spiro atoms. The second kappa shape index (κ2) is 8.95. The number of nitrogens with two attached hydrogens (primary N) is 1. The van der Waals surface area contributed by atoms with Gasteiger partial charge in [0.15, 0.2) is 5.13 Å². The molecule has 2 heterocycles. The van der Waals surface area contributed by atoms with Gasteiger partial charge in [-0.1, -0.05) is 29.0 Å². The topological polar surface area (TPSA) is 119 Å². The first-order chi connectivity index (χ1) is 13.9. The van der Waals surface area contributed by atoms with Crippen LogP contribution < -0.4 is 16.4 Å². The number of anilines is 3. The van der Waals surface area contributed by atoms with Crippen molar-refractivity contribution in [2.24, 2.45) is 0 Å². The van der Waals surface area contributed by atoms with E-state index in [1.807, 2.05) is 0 Å². The summed E-state index contributed by atoms with van der Waals surface area (Å²) in [5.74, 6) is -1.89. The molecule has 3 aromatic rings. The summed E-state index contributed by atoms with van der Waals surface area (Å²) in [6.07, 6.45) is 2.84. The molecule has 0 aliphatic heterocycles. The third-order valence-corrected chi connectivity index (χ3v) is 4.81. The van der Waals surface area contributed by atoms with Crippen LogP contribution in [-0.2, 0) is 11.3 Å². The van der Waals surface area contributed by atoms with Crippen molar-refractivity contribution in [2.75, 3.05) is 23.5 Å². The molecule has 0 aliphatic rings. The Balaban J connectivity index is 1.78. The van der Waals surface area contributed by atoms with Gasteiger partial charge in [-0.25, -0.2) is 14.4 Å². The van der Waals surface area contributed by atoms with Crippen LogP contribution >= 0.6 is 22.9 Å². The molecule has 0 bridgehead atoms. The highest BCUT2D eigenvalue weighted by Crippen LogP contribution is 2.27. The lowest BCUT2D eigenvalue weighted by atomic mass is 10.1. The van der Waals surface area contributed by atoms with E-state index < -0.39 is 17.6 Å². The first-order valence-electron chi connectivity index (χ1n) is 8.14. The van der Waals surface area contributed by atoms with Gasteiger partial charge in [0.25, 0.3) is 11.8 Å². The maximum absolute atomic E-state index is 14.3. The molecule has 2 amide bonds. The van der Waals surface area contributed by atoms with E-state index in [-0.39, 0.29) is 32.1 Å². The van der Waals surface area contributed by atoms with Gasteiger partial charge in [0, 0.05) is 13.3 Å². The molecule has 150 valence electrons.